The van der Waals surface area contributed by atoms with Crippen molar-refractivity contribution in [3.05, 3.63) is 50.5 Å². The first-order chi connectivity index (χ1) is 9.90. The third-order valence-electron chi connectivity index (χ3n) is 2.55. The van der Waals surface area contributed by atoms with Gasteiger partial charge in [-0.05, 0) is 22.0 Å². The van der Waals surface area contributed by atoms with E-state index in [0.717, 1.165) is 18.2 Å². The van der Waals surface area contributed by atoms with E-state index in [-0.39, 0.29) is 27.5 Å². The number of nitrogens with zero attached hydrogens (tertiary/aromatic N) is 2. The van der Waals surface area contributed by atoms with Crippen molar-refractivity contribution < 1.29 is 13.7 Å². The summed E-state index contributed by atoms with van der Waals surface area (Å²) in [6.45, 7) is 0. The average Bonchev–Trinajstić information content (AvgIpc) is 2.44. The minimum absolute atomic E-state index is 0.0199. The summed E-state index contributed by atoms with van der Waals surface area (Å²) in [5, 5.41) is 16.0. The number of aromatic nitrogens is 1. The number of halogens is 3. The van der Waals surface area contributed by atoms with Crippen LogP contribution in [0.5, 0.6) is 0 Å². The number of nitro groups is 1. The van der Waals surface area contributed by atoms with Gasteiger partial charge in [0.2, 0.25) is 0 Å². The summed E-state index contributed by atoms with van der Waals surface area (Å²) < 4.78 is 27.1. The van der Waals surface area contributed by atoms with Crippen LogP contribution in [0.15, 0.2) is 28.7 Å². The Morgan fingerprint density at radius 2 is 1.86 bits per heavy atom. The van der Waals surface area contributed by atoms with Crippen molar-refractivity contribution in [2.75, 3.05) is 17.7 Å². The van der Waals surface area contributed by atoms with Gasteiger partial charge in [-0.1, -0.05) is 0 Å². The van der Waals surface area contributed by atoms with Gasteiger partial charge in [-0.2, -0.15) is 0 Å². The first-order valence-corrected chi connectivity index (χ1v) is 6.46. The van der Waals surface area contributed by atoms with Crippen molar-refractivity contribution in [2.45, 2.75) is 0 Å². The van der Waals surface area contributed by atoms with Crippen LogP contribution in [0, 0.1) is 21.7 Å². The molecule has 0 aliphatic heterocycles. The van der Waals surface area contributed by atoms with Crippen molar-refractivity contribution in [3.8, 4) is 0 Å². The molecule has 0 spiro atoms. The highest BCUT2D eigenvalue weighted by molar-refractivity contribution is 9.10. The van der Waals surface area contributed by atoms with E-state index in [2.05, 4.69) is 31.5 Å². The van der Waals surface area contributed by atoms with Crippen molar-refractivity contribution in [2.24, 2.45) is 0 Å². The summed E-state index contributed by atoms with van der Waals surface area (Å²) in [4.78, 5) is 14.2. The molecule has 0 amide bonds. The third-order valence-corrected chi connectivity index (χ3v) is 3.16. The lowest BCUT2D eigenvalue weighted by Crippen LogP contribution is -2.02. The predicted molar refractivity (Wildman–Crippen MR) is 77.8 cm³/mol. The van der Waals surface area contributed by atoms with Gasteiger partial charge in [0.1, 0.15) is 23.3 Å². The molecule has 1 heterocycles. The van der Waals surface area contributed by atoms with Gasteiger partial charge in [0.05, 0.1) is 27.2 Å². The summed E-state index contributed by atoms with van der Waals surface area (Å²) >= 11 is 2.86. The molecule has 1 aromatic carbocycles. The van der Waals surface area contributed by atoms with E-state index in [1.807, 2.05) is 0 Å². The first kappa shape index (κ1) is 15.1. The fourth-order valence-corrected chi connectivity index (χ4v) is 1.89. The SMILES string of the molecule is CNc1cc([N+](=O)[O-])cc(Nc2cc(F)c(Br)cc2F)n1. The van der Waals surface area contributed by atoms with Gasteiger partial charge in [0.15, 0.2) is 0 Å². The summed E-state index contributed by atoms with van der Waals surface area (Å²) in [6, 6.07) is 4.23. The Morgan fingerprint density at radius 3 is 2.48 bits per heavy atom. The van der Waals surface area contributed by atoms with Crippen molar-refractivity contribution in [1.82, 2.24) is 4.98 Å². The van der Waals surface area contributed by atoms with Crippen LogP contribution in [0.1, 0.15) is 0 Å². The van der Waals surface area contributed by atoms with Crippen LogP contribution in [0.3, 0.4) is 0 Å². The summed E-state index contributed by atoms with van der Waals surface area (Å²) in [6.07, 6.45) is 0. The Kier molecular flexibility index (Phi) is 4.32. The van der Waals surface area contributed by atoms with Crippen LogP contribution in [-0.2, 0) is 0 Å². The fourth-order valence-electron chi connectivity index (χ4n) is 1.57. The Morgan fingerprint density at radius 1 is 1.19 bits per heavy atom. The Hall–Kier alpha value is -2.29. The van der Waals surface area contributed by atoms with Gasteiger partial charge in [0.25, 0.3) is 5.69 Å². The minimum atomic E-state index is -0.720. The number of hydrogen-bond acceptors (Lipinski definition) is 5. The molecule has 21 heavy (non-hydrogen) atoms. The van der Waals surface area contributed by atoms with Gasteiger partial charge in [-0.3, -0.25) is 10.1 Å². The number of hydrogen-bond donors (Lipinski definition) is 2. The molecule has 0 saturated carbocycles. The van der Waals surface area contributed by atoms with E-state index in [1.165, 1.54) is 13.1 Å². The highest BCUT2D eigenvalue weighted by Crippen LogP contribution is 2.27. The zero-order chi connectivity index (χ0) is 15.6. The smallest absolute Gasteiger partial charge is 0.276 e. The molecule has 0 fully saturated rings. The van der Waals surface area contributed by atoms with E-state index in [0.29, 0.717) is 0 Å². The molecule has 0 radical (unpaired) electrons. The lowest BCUT2D eigenvalue weighted by Gasteiger charge is -2.09. The molecule has 0 aliphatic rings. The monoisotopic (exact) mass is 358 g/mol. The molecule has 2 rings (SSSR count). The molecule has 110 valence electrons. The van der Waals surface area contributed by atoms with Crippen LogP contribution in [-0.4, -0.2) is 17.0 Å². The number of rotatable bonds is 4. The minimum Gasteiger partial charge on any atom is -0.373 e. The maximum atomic E-state index is 13.7. The summed E-state index contributed by atoms with van der Waals surface area (Å²) in [5.74, 6) is -1.14. The Balaban J connectivity index is 2.41. The van der Waals surface area contributed by atoms with Gasteiger partial charge in [-0.15, -0.1) is 0 Å². The summed E-state index contributed by atoms with van der Waals surface area (Å²) in [7, 11) is 1.54. The van der Waals surface area contributed by atoms with Crippen molar-refractivity contribution in [1.29, 1.82) is 0 Å². The molecular formula is C12H9BrF2N4O2. The number of anilines is 3. The van der Waals surface area contributed by atoms with Crippen molar-refractivity contribution >= 4 is 38.9 Å². The maximum absolute atomic E-state index is 13.7. The molecular weight excluding hydrogens is 350 g/mol. The molecule has 2 N–H and O–H groups in total. The number of pyridine rings is 1. The van der Waals surface area contributed by atoms with Crippen molar-refractivity contribution in [3.63, 3.8) is 0 Å². The first-order valence-electron chi connectivity index (χ1n) is 5.66. The second kappa shape index (κ2) is 6.00. The summed E-state index contributed by atoms with van der Waals surface area (Å²) in [5.41, 5.74) is -0.402. The average molecular weight is 359 g/mol. The van der Waals surface area contributed by atoms with E-state index in [4.69, 9.17) is 0 Å². The zero-order valence-electron chi connectivity index (χ0n) is 10.7. The van der Waals surface area contributed by atoms with E-state index >= 15 is 0 Å². The molecule has 0 atom stereocenters. The molecule has 6 nitrogen and oxygen atoms in total. The third kappa shape index (κ3) is 3.43. The standard InChI is InChI=1S/C12H9BrF2N4O2/c1-16-11-2-6(19(20)21)3-12(18-11)17-10-5-8(14)7(13)4-9(10)15/h2-5H,1H3,(H2,16,17,18). The zero-order valence-corrected chi connectivity index (χ0v) is 12.2. The van der Waals surface area contributed by atoms with Crippen LogP contribution < -0.4 is 10.6 Å². The molecule has 0 aliphatic carbocycles. The Labute approximate surface area is 126 Å². The Bertz CT molecular complexity index is 712. The lowest BCUT2D eigenvalue weighted by atomic mass is 10.3. The highest BCUT2D eigenvalue weighted by Gasteiger charge is 2.13. The van der Waals surface area contributed by atoms with Gasteiger partial charge >= 0.3 is 0 Å². The molecule has 9 heteroatoms. The fraction of sp³-hybridized carbons (Fsp3) is 0.0833. The molecule has 0 saturated heterocycles. The predicted octanol–water partition coefficient (Wildman–Crippen LogP) is 3.82. The van der Waals surface area contributed by atoms with E-state index < -0.39 is 16.6 Å². The highest BCUT2D eigenvalue weighted by atomic mass is 79.9. The maximum Gasteiger partial charge on any atom is 0.276 e. The van der Waals surface area contributed by atoms with Crippen LogP contribution in [0.25, 0.3) is 0 Å². The lowest BCUT2D eigenvalue weighted by molar-refractivity contribution is -0.384. The van der Waals surface area contributed by atoms with Crippen LogP contribution in [0.2, 0.25) is 0 Å². The topological polar surface area (TPSA) is 80.1 Å². The number of nitrogens with one attached hydrogen (secondary N) is 2. The van der Waals surface area contributed by atoms with Gasteiger partial charge in [0, 0.05) is 13.1 Å². The molecule has 0 unspecified atom stereocenters. The van der Waals surface area contributed by atoms with Crippen LogP contribution >= 0.6 is 15.9 Å². The largest absolute Gasteiger partial charge is 0.373 e. The normalized spacial score (nSPS) is 10.3. The second-order valence-electron chi connectivity index (χ2n) is 3.97. The van der Waals surface area contributed by atoms with Gasteiger partial charge in [-0.25, -0.2) is 13.8 Å². The van der Waals surface area contributed by atoms with E-state index in [1.54, 1.807) is 0 Å². The van der Waals surface area contributed by atoms with Gasteiger partial charge < -0.3 is 10.6 Å². The van der Waals surface area contributed by atoms with E-state index in [9.17, 15) is 18.9 Å². The molecule has 2 aromatic rings. The quantitative estimate of drug-likeness (QED) is 0.493. The number of benzene rings is 1. The molecule has 0 bridgehead atoms. The second-order valence-corrected chi connectivity index (χ2v) is 4.83. The molecule has 1 aromatic heterocycles. The van der Waals surface area contributed by atoms with Crippen LogP contribution in [0.4, 0.5) is 31.8 Å².